The van der Waals surface area contributed by atoms with Crippen molar-refractivity contribution in [1.82, 2.24) is 29.9 Å². The Balaban J connectivity index is 0.000000146. The average Bonchev–Trinajstić information content (AvgIpc) is 3.07. The van der Waals surface area contributed by atoms with Crippen LogP contribution in [0.4, 0.5) is 5.69 Å². The van der Waals surface area contributed by atoms with Crippen LogP contribution < -0.4 is 0 Å². The summed E-state index contributed by atoms with van der Waals surface area (Å²) in [7, 11) is 0. The van der Waals surface area contributed by atoms with Crippen LogP contribution in [0.2, 0.25) is 0 Å². The molecule has 0 fully saturated rings. The van der Waals surface area contributed by atoms with E-state index in [1.54, 1.807) is 37.2 Å². The van der Waals surface area contributed by atoms with Crippen LogP contribution >= 0.6 is 12.2 Å². The van der Waals surface area contributed by atoms with Gasteiger partial charge in [-0.15, -0.1) is 0 Å². The Bertz CT molecular complexity index is 1740. The van der Waals surface area contributed by atoms with Crippen molar-refractivity contribution in [1.29, 1.82) is 0 Å². The first kappa shape index (κ1) is 30.0. The maximum absolute atomic E-state index is 4.67. The summed E-state index contributed by atoms with van der Waals surface area (Å²) in [6.07, 6.45) is 10.6. The molecule has 7 aromatic rings. The topological polar surface area (TPSA) is 89.7 Å². The molecule has 42 heavy (non-hydrogen) atoms. The number of nitrogens with zero attached hydrogens (tertiary/aromatic N) is 7. The second-order valence-electron chi connectivity index (χ2n) is 8.43. The minimum Gasteiger partial charge on any atom is -0.255 e. The van der Waals surface area contributed by atoms with E-state index >= 15 is 0 Å². The van der Waals surface area contributed by atoms with Crippen LogP contribution in [0.25, 0.3) is 44.6 Å². The molecular formula is C33H23N7RuS. The predicted molar refractivity (Wildman–Crippen MR) is 167 cm³/mol. The summed E-state index contributed by atoms with van der Waals surface area (Å²) in [6, 6.07) is 32.9. The molecule has 1 aromatic carbocycles. The summed E-state index contributed by atoms with van der Waals surface area (Å²) in [4.78, 5) is 29.6. The van der Waals surface area contributed by atoms with Crippen molar-refractivity contribution in [3.8, 4) is 22.8 Å². The van der Waals surface area contributed by atoms with Crippen LogP contribution in [-0.2, 0) is 19.5 Å². The molecule has 0 aliphatic heterocycles. The summed E-state index contributed by atoms with van der Waals surface area (Å²) in [5, 5.41) is 4.34. The number of rotatable bonds is 3. The Hall–Kier alpha value is -4.94. The molecule has 0 bridgehead atoms. The first-order chi connectivity index (χ1) is 20.3. The quantitative estimate of drug-likeness (QED) is 0.0834. The first-order valence-corrected chi connectivity index (χ1v) is 13.1. The van der Waals surface area contributed by atoms with Gasteiger partial charge in [-0.2, -0.15) is 4.99 Å². The van der Waals surface area contributed by atoms with Crippen molar-refractivity contribution in [3.63, 3.8) is 0 Å². The van der Waals surface area contributed by atoms with E-state index in [1.165, 1.54) is 0 Å². The molecule has 6 heterocycles. The Morgan fingerprint density at radius 2 is 0.905 bits per heavy atom. The van der Waals surface area contributed by atoms with E-state index in [4.69, 9.17) is 0 Å². The van der Waals surface area contributed by atoms with Gasteiger partial charge in [0.05, 0.1) is 44.7 Å². The molecule has 0 aliphatic carbocycles. The third kappa shape index (κ3) is 7.83. The van der Waals surface area contributed by atoms with Gasteiger partial charge in [-0.25, -0.2) is 0 Å². The van der Waals surface area contributed by atoms with Crippen molar-refractivity contribution in [2.24, 2.45) is 4.99 Å². The Kier molecular flexibility index (Phi) is 11.3. The molecule has 0 saturated carbocycles. The first-order valence-electron chi connectivity index (χ1n) is 12.7. The van der Waals surface area contributed by atoms with Crippen molar-refractivity contribution in [2.45, 2.75) is 0 Å². The van der Waals surface area contributed by atoms with E-state index in [9.17, 15) is 0 Å². The number of hydrogen-bond acceptors (Lipinski definition) is 8. The number of thiocarbonyl (C=S) groups is 1. The van der Waals surface area contributed by atoms with E-state index in [2.05, 4.69) is 52.3 Å². The monoisotopic (exact) mass is 651 g/mol. The summed E-state index contributed by atoms with van der Waals surface area (Å²) in [5.41, 5.74) is 6.16. The summed E-state index contributed by atoms with van der Waals surface area (Å²) >= 11 is 4.67. The minimum atomic E-state index is 0. The molecule has 0 spiro atoms. The normalized spacial score (nSPS) is 9.71. The van der Waals surface area contributed by atoms with Gasteiger partial charge in [0.25, 0.3) is 0 Å². The Labute approximate surface area is 261 Å². The van der Waals surface area contributed by atoms with Gasteiger partial charge >= 0.3 is 0 Å². The average molecular weight is 651 g/mol. The Morgan fingerprint density at radius 1 is 0.476 bits per heavy atom. The molecule has 0 amide bonds. The fraction of sp³-hybridized carbons (Fsp3) is 0. The van der Waals surface area contributed by atoms with Crippen molar-refractivity contribution in [3.05, 3.63) is 140 Å². The summed E-state index contributed by atoms with van der Waals surface area (Å²) in [5.74, 6) is 0. The van der Waals surface area contributed by atoms with Gasteiger partial charge in [0.2, 0.25) is 0 Å². The van der Waals surface area contributed by atoms with Crippen LogP contribution in [0, 0.1) is 0 Å². The van der Waals surface area contributed by atoms with Gasteiger partial charge in [0.1, 0.15) is 0 Å². The fourth-order valence-electron chi connectivity index (χ4n) is 3.96. The SMILES string of the molecule is S=C=Nc1cc2cccnc2c2ncccc12.[Ru].c1ccc(-c2ccccn2)nc1.c1ccc(-c2ccccn2)nc1. The number of isothiocyanates is 1. The minimum absolute atomic E-state index is 0. The van der Waals surface area contributed by atoms with E-state index in [-0.39, 0.29) is 19.5 Å². The van der Waals surface area contributed by atoms with Gasteiger partial charge in [-0.1, -0.05) is 30.3 Å². The van der Waals surface area contributed by atoms with Gasteiger partial charge < -0.3 is 0 Å². The number of hydrogen-bond donors (Lipinski definition) is 0. The molecule has 204 valence electrons. The third-order valence-corrected chi connectivity index (χ3v) is 5.88. The van der Waals surface area contributed by atoms with E-state index < -0.39 is 0 Å². The zero-order chi connectivity index (χ0) is 28.1. The van der Waals surface area contributed by atoms with E-state index in [1.807, 2.05) is 103 Å². The molecular weight excluding hydrogens is 628 g/mol. The molecule has 0 N–H and O–H groups in total. The zero-order valence-electron chi connectivity index (χ0n) is 22.2. The van der Waals surface area contributed by atoms with Crippen molar-refractivity contribution in [2.75, 3.05) is 0 Å². The number of aromatic nitrogens is 6. The second kappa shape index (κ2) is 15.7. The largest absolute Gasteiger partial charge is 0.255 e. The molecule has 0 unspecified atom stereocenters. The molecule has 6 aromatic heterocycles. The number of benzene rings is 1. The molecule has 0 radical (unpaired) electrons. The number of pyridine rings is 6. The molecule has 0 atom stereocenters. The van der Waals surface area contributed by atoms with Gasteiger partial charge in [-0.3, -0.25) is 29.9 Å². The maximum atomic E-state index is 4.67. The van der Waals surface area contributed by atoms with E-state index in [0.29, 0.717) is 0 Å². The molecule has 7 rings (SSSR count). The fourth-order valence-corrected chi connectivity index (χ4v) is 4.05. The van der Waals surface area contributed by atoms with Crippen LogP contribution in [0.15, 0.2) is 145 Å². The van der Waals surface area contributed by atoms with Crippen LogP contribution in [0.1, 0.15) is 0 Å². The standard InChI is InChI=1S/C13H7N3S.2C10H8N2.Ru/c17-8-16-11-7-9-3-1-5-14-12(9)13-10(11)4-2-6-15-13;2*1-3-7-11-9(5-1)10-6-2-4-8-12-10;/h1-7H;2*1-8H;. The number of aliphatic imine (C=N–C) groups is 1. The third-order valence-electron chi connectivity index (χ3n) is 5.79. The molecule has 9 heteroatoms. The smallest absolute Gasteiger partial charge is 0.0986 e. The van der Waals surface area contributed by atoms with Crippen molar-refractivity contribution >= 4 is 44.9 Å². The zero-order valence-corrected chi connectivity index (χ0v) is 24.7. The van der Waals surface area contributed by atoms with E-state index in [0.717, 1.165) is 50.3 Å². The van der Waals surface area contributed by atoms with Gasteiger partial charge in [0.15, 0.2) is 0 Å². The second-order valence-corrected chi connectivity index (χ2v) is 8.62. The number of fused-ring (bicyclic) bond motifs is 3. The van der Waals surface area contributed by atoms with Crippen molar-refractivity contribution < 1.29 is 19.5 Å². The predicted octanol–water partition coefficient (Wildman–Crippen LogP) is 7.80. The Morgan fingerprint density at radius 3 is 1.33 bits per heavy atom. The maximum Gasteiger partial charge on any atom is 0.0986 e. The summed E-state index contributed by atoms with van der Waals surface area (Å²) < 4.78 is 0. The van der Waals surface area contributed by atoms with Crippen LogP contribution in [0.3, 0.4) is 0 Å². The van der Waals surface area contributed by atoms with Gasteiger partial charge in [0, 0.05) is 67.4 Å². The van der Waals surface area contributed by atoms with Gasteiger partial charge in [-0.05, 0) is 85.0 Å². The molecule has 0 aliphatic rings. The van der Waals surface area contributed by atoms with Crippen LogP contribution in [0.5, 0.6) is 0 Å². The molecule has 7 nitrogen and oxygen atoms in total. The van der Waals surface area contributed by atoms with Crippen LogP contribution in [-0.4, -0.2) is 35.1 Å². The molecule has 0 saturated heterocycles. The summed E-state index contributed by atoms with van der Waals surface area (Å²) in [6.45, 7) is 0.